The summed E-state index contributed by atoms with van der Waals surface area (Å²) < 4.78 is 0. The van der Waals surface area contributed by atoms with E-state index in [-0.39, 0.29) is 12.5 Å². The van der Waals surface area contributed by atoms with E-state index in [1.54, 1.807) is 13.0 Å². The minimum absolute atomic E-state index is 0.0739. The topological polar surface area (TPSA) is 104 Å². The quantitative estimate of drug-likeness (QED) is 0.700. The molecule has 1 heterocycles. The molecule has 7 nitrogen and oxygen atoms in total. The van der Waals surface area contributed by atoms with Crippen LogP contribution in [-0.4, -0.2) is 33.6 Å². The Kier molecular flexibility index (Phi) is 4.86. The second-order valence-corrected chi connectivity index (χ2v) is 3.35. The lowest BCUT2D eigenvalue weighted by atomic mass is 10.1. The van der Waals surface area contributed by atoms with E-state index < -0.39 is 17.9 Å². The third-order valence-electron chi connectivity index (χ3n) is 2.14. The lowest BCUT2D eigenvalue weighted by molar-refractivity contribution is -0.141. The molecule has 0 aliphatic heterocycles. The largest absolute Gasteiger partial charge is 0.481 e. The third kappa shape index (κ3) is 4.45. The Labute approximate surface area is 98.3 Å². The number of amides is 2. The minimum atomic E-state index is -0.927. The number of urea groups is 1. The number of carboxylic acids is 1. The van der Waals surface area contributed by atoms with E-state index in [0.29, 0.717) is 6.42 Å². The lowest BCUT2D eigenvalue weighted by Crippen LogP contribution is -2.35. The number of nitrogens with zero attached hydrogens (tertiary/aromatic N) is 2. The molecule has 0 saturated carbocycles. The molecule has 1 aromatic heterocycles. The van der Waals surface area contributed by atoms with Crippen LogP contribution < -0.4 is 10.6 Å². The van der Waals surface area contributed by atoms with E-state index in [0.717, 1.165) is 0 Å². The molecule has 0 bridgehead atoms. The van der Waals surface area contributed by atoms with Crippen molar-refractivity contribution in [3.05, 3.63) is 18.5 Å². The normalized spacial score (nSPS) is 11.6. The molecular formula is C10H14N4O3. The average Bonchev–Trinajstić information content (AvgIpc) is 2.30. The van der Waals surface area contributed by atoms with Gasteiger partial charge in [-0.15, -0.1) is 0 Å². The Morgan fingerprint density at radius 1 is 1.41 bits per heavy atom. The van der Waals surface area contributed by atoms with Crippen LogP contribution in [0.1, 0.15) is 13.3 Å². The van der Waals surface area contributed by atoms with Gasteiger partial charge in [0.2, 0.25) is 5.95 Å². The highest BCUT2D eigenvalue weighted by Gasteiger charge is 2.15. The van der Waals surface area contributed by atoms with Crippen molar-refractivity contribution in [3.8, 4) is 0 Å². The highest BCUT2D eigenvalue weighted by molar-refractivity contribution is 5.87. The zero-order valence-electron chi connectivity index (χ0n) is 9.38. The van der Waals surface area contributed by atoms with E-state index in [1.807, 2.05) is 0 Å². The summed E-state index contributed by atoms with van der Waals surface area (Å²) in [5.74, 6) is -1.34. The van der Waals surface area contributed by atoms with Crippen molar-refractivity contribution in [2.75, 3.05) is 11.9 Å². The van der Waals surface area contributed by atoms with Crippen LogP contribution in [0.25, 0.3) is 0 Å². The van der Waals surface area contributed by atoms with Gasteiger partial charge in [0.05, 0.1) is 5.92 Å². The van der Waals surface area contributed by atoms with Gasteiger partial charge < -0.3 is 10.4 Å². The number of nitrogens with one attached hydrogen (secondary N) is 2. The molecule has 17 heavy (non-hydrogen) atoms. The Morgan fingerprint density at radius 3 is 2.59 bits per heavy atom. The molecule has 2 amide bonds. The van der Waals surface area contributed by atoms with Crippen molar-refractivity contribution in [1.29, 1.82) is 0 Å². The zero-order chi connectivity index (χ0) is 12.7. The smallest absolute Gasteiger partial charge is 0.321 e. The Hall–Kier alpha value is -2.18. The van der Waals surface area contributed by atoms with Gasteiger partial charge in [0.15, 0.2) is 0 Å². The monoisotopic (exact) mass is 238 g/mol. The standard InChI is InChI=1S/C10H14N4O3/c1-2-7(8(15)16)6-13-10(17)14-9-11-4-3-5-12-9/h3-5,7H,2,6H2,1H3,(H,15,16)(H2,11,12,13,14,17). The van der Waals surface area contributed by atoms with Gasteiger partial charge in [-0.2, -0.15) is 0 Å². The number of hydrogen-bond donors (Lipinski definition) is 3. The summed E-state index contributed by atoms with van der Waals surface area (Å²) in [6.07, 6.45) is 3.45. The number of aliphatic carboxylic acids is 1. The van der Waals surface area contributed by atoms with Gasteiger partial charge in [0.25, 0.3) is 0 Å². The van der Waals surface area contributed by atoms with Crippen molar-refractivity contribution in [2.24, 2.45) is 5.92 Å². The van der Waals surface area contributed by atoms with E-state index in [1.165, 1.54) is 12.4 Å². The minimum Gasteiger partial charge on any atom is -0.481 e. The highest BCUT2D eigenvalue weighted by Crippen LogP contribution is 2.00. The van der Waals surface area contributed by atoms with Crippen molar-refractivity contribution < 1.29 is 14.7 Å². The highest BCUT2D eigenvalue weighted by atomic mass is 16.4. The van der Waals surface area contributed by atoms with Crippen LogP contribution in [-0.2, 0) is 4.79 Å². The number of carboxylic acid groups (broad SMARTS) is 1. The van der Waals surface area contributed by atoms with Crippen LogP contribution in [0.5, 0.6) is 0 Å². The van der Waals surface area contributed by atoms with Crippen molar-refractivity contribution in [3.63, 3.8) is 0 Å². The lowest BCUT2D eigenvalue weighted by Gasteiger charge is -2.11. The fourth-order valence-electron chi connectivity index (χ4n) is 1.13. The second kappa shape index (κ2) is 6.41. The molecule has 0 aliphatic rings. The first-order valence-corrected chi connectivity index (χ1v) is 5.18. The summed E-state index contributed by atoms with van der Waals surface area (Å²) in [7, 11) is 0. The molecule has 1 unspecified atom stereocenters. The number of carbonyl (C=O) groups is 2. The van der Waals surface area contributed by atoms with Crippen LogP contribution in [0, 0.1) is 5.92 Å². The maximum atomic E-state index is 11.4. The van der Waals surface area contributed by atoms with Gasteiger partial charge in [-0.3, -0.25) is 10.1 Å². The molecule has 3 N–H and O–H groups in total. The second-order valence-electron chi connectivity index (χ2n) is 3.35. The van der Waals surface area contributed by atoms with E-state index >= 15 is 0 Å². The number of aromatic nitrogens is 2. The number of rotatable bonds is 5. The molecule has 0 radical (unpaired) electrons. The molecule has 0 spiro atoms. The maximum Gasteiger partial charge on any atom is 0.321 e. The van der Waals surface area contributed by atoms with Crippen molar-refractivity contribution >= 4 is 17.9 Å². The van der Waals surface area contributed by atoms with Gasteiger partial charge in [0, 0.05) is 18.9 Å². The average molecular weight is 238 g/mol. The summed E-state index contributed by atoms with van der Waals surface area (Å²) in [5.41, 5.74) is 0. The van der Waals surface area contributed by atoms with Gasteiger partial charge >= 0.3 is 12.0 Å². The predicted octanol–water partition coefficient (Wildman–Crippen LogP) is 0.709. The van der Waals surface area contributed by atoms with Crippen LogP contribution in [0.3, 0.4) is 0 Å². The van der Waals surface area contributed by atoms with Crippen molar-refractivity contribution in [2.45, 2.75) is 13.3 Å². The fraction of sp³-hybridized carbons (Fsp3) is 0.400. The zero-order valence-corrected chi connectivity index (χ0v) is 9.38. The molecule has 1 atom stereocenters. The first kappa shape index (κ1) is 12.9. The number of hydrogen-bond acceptors (Lipinski definition) is 4. The van der Waals surface area contributed by atoms with Gasteiger partial charge in [-0.05, 0) is 12.5 Å². The molecule has 0 saturated heterocycles. The summed E-state index contributed by atoms with van der Waals surface area (Å²) in [5, 5.41) is 13.6. The van der Waals surface area contributed by atoms with Crippen LogP contribution in [0.4, 0.5) is 10.7 Å². The van der Waals surface area contributed by atoms with E-state index in [9.17, 15) is 9.59 Å². The van der Waals surface area contributed by atoms with Gasteiger partial charge in [-0.1, -0.05) is 6.92 Å². The van der Waals surface area contributed by atoms with Crippen molar-refractivity contribution in [1.82, 2.24) is 15.3 Å². The Balaban J connectivity index is 2.38. The predicted molar refractivity (Wildman–Crippen MR) is 60.5 cm³/mol. The molecule has 1 aromatic rings. The number of anilines is 1. The molecule has 0 aliphatic carbocycles. The first-order valence-electron chi connectivity index (χ1n) is 5.18. The van der Waals surface area contributed by atoms with Gasteiger partial charge in [-0.25, -0.2) is 14.8 Å². The SMILES string of the molecule is CCC(CNC(=O)Nc1ncccn1)C(=O)O. The van der Waals surface area contributed by atoms with E-state index in [2.05, 4.69) is 20.6 Å². The van der Waals surface area contributed by atoms with Crippen LogP contribution in [0.15, 0.2) is 18.5 Å². The van der Waals surface area contributed by atoms with Crippen LogP contribution in [0.2, 0.25) is 0 Å². The van der Waals surface area contributed by atoms with E-state index in [4.69, 9.17) is 5.11 Å². The summed E-state index contributed by atoms with van der Waals surface area (Å²) in [6.45, 7) is 1.82. The number of carbonyl (C=O) groups excluding carboxylic acids is 1. The molecular weight excluding hydrogens is 224 g/mol. The molecule has 92 valence electrons. The summed E-state index contributed by atoms with van der Waals surface area (Å²) in [6, 6.07) is 1.11. The molecule has 7 heteroatoms. The molecule has 0 fully saturated rings. The molecule has 1 rings (SSSR count). The Bertz CT molecular complexity index is 382. The third-order valence-corrected chi connectivity index (χ3v) is 2.14. The molecule has 0 aromatic carbocycles. The maximum absolute atomic E-state index is 11.4. The summed E-state index contributed by atoms with van der Waals surface area (Å²) >= 11 is 0. The Morgan fingerprint density at radius 2 is 2.06 bits per heavy atom. The van der Waals surface area contributed by atoms with Crippen LogP contribution >= 0.6 is 0 Å². The summed E-state index contributed by atoms with van der Waals surface area (Å²) in [4.78, 5) is 29.7. The first-order chi connectivity index (χ1) is 8.13. The van der Waals surface area contributed by atoms with Gasteiger partial charge in [0.1, 0.15) is 0 Å². The fourth-order valence-corrected chi connectivity index (χ4v) is 1.13.